The molecular formula is C49H59FN4O12. The Kier molecular flexibility index (Phi) is 16.4. The molecule has 3 N–H and O–H groups in total. The maximum Gasteiger partial charge on any atom is 0.416 e. The van der Waals surface area contributed by atoms with Crippen molar-refractivity contribution in [3.8, 4) is 17.2 Å². The van der Waals surface area contributed by atoms with Crippen LogP contribution in [0.1, 0.15) is 88.2 Å². The number of hydrogen-bond donors (Lipinski definition) is 3. The Morgan fingerprint density at radius 3 is 2.44 bits per heavy atom. The van der Waals surface area contributed by atoms with Crippen molar-refractivity contribution in [2.75, 3.05) is 33.0 Å². The number of benzene rings is 3. The summed E-state index contributed by atoms with van der Waals surface area (Å²) in [5.74, 6) is -2.76. The Morgan fingerprint density at radius 2 is 1.76 bits per heavy atom. The number of unbranched alkanes of at least 4 members (excludes halogenated alkanes) is 2. The number of fused-ring (bicyclic) bond motifs is 2. The van der Waals surface area contributed by atoms with Gasteiger partial charge in [0.05, 0.1) is 29.8 Å². The monoisotopic (exact) mass is 914 g/mol. The highest BCUT2D eigenvalue weighted by molar-refractivity contribution is 6.03. The number of aliphatic hydroxyl groups excluding tert-OH is 2. The van der Waals surface area contributed by atoms with Crippen LogP contribution >= 0.6 is 0 Å². The lowest BCUT2D eigenvalue weighted by Gasteiger charge is -2.59. The normalized spacial score (nSPS) is 24.7. The van der Waals surface area contributed by atoms with Crippen LogP contribution in [-0.4, -0.2) is 89.0 Å². The Balaban J connectivity index is 1.46. The topological polar surface area (TPSA) is 201 Å². The third-order valence-electron chi connectivity index (χ3n) is 12.7. The van der Waals surface area contributed by atoms with Crippen LogP contribution in [0.2, 0.25) is 0 Å². The van der Waals surface area contributed by atoms with Crippen LogP contribution in [-0.2, 0) is 20.9 Å². The van der Waals surface area contributed by atoms with E-state index in [4.69, 9.17) is 33.7 Å². The first-order chi connectivity index (χ1) is 32.1. The second-order valence-electron chi connectivity index (χ2n) is 17.0. The van der Waals surface area contributed by atoms with Gasteiger partial charge in [-0.15, -0.1) is 6.58 Å². The molecule has 0 radical (unpaired) electrons. The van der Waals surface area contributed by atoms with E-state index in [2.05, 4.69) is 18.0 Å². The average Bonchev–Trinajstić information content (AvgIpc) is 3.32. The lowest BCUT2D eigenvalue weighted by Crippen LogP contribution is -2.70. The number of ether oxygens (including phenoxy) is 5. The lowest BCUT2D eigenvalue weighted by atomic mass is 9.55. The van der Waals surface area contributed by atoms with Crippen LogP contribution in [0.3, 0.4) is 0 Å². The molecule has 0 spiro atoms. The number of aliphatic hydroxyl groups is 2. The van der Waals surface area contributed by atoms with Gasteiger partial charge in [0.2, 0.25) is 12.1 Å². The number of oxime groups is 1. The number of nitrogens with zero attached hydrogens (tertiary/aromatic N) is 3. The fourth-order valence-electron chi connectivity index (χ4n) is 9.80. The van der Waals surface area contributed by atoms with Gasteiger partial charge in [0.25, 0.3) is 5.69 Å². The van der Waals surface area contributed by atoms with E-state index in [0.717, 1.165) is 30.4 Å². The molecule has 7 unspecified atom stereocenters. The molecule has 2 aliphatic carbocycles. The van der Waals surface area contributed by atoms with Crippen molar-refractivity contribution in [2.45, 2.75) is 102 Å². The van der Waals surface area contributed by atoms with E-state index in [0.29, 0.717) is 68.7 Å². The first-order valence-electron chi connectivity index (χ1n) is 22.9. The Bertz CT molecular complexity index is 2220. The lowest BCUT2D eigenvalue weighted by molar-refractivity contribution is -0.384. The maximum atomic E-state index is 15.0. The van der Waals surface area contributed by atoms with Gasteiger partial charge >= 0.3 is 12.2 Å². The minimum Gasteiger partial charge on any atom is -0.459 e. The van der Waals surface area contributed by atoms with E-state index in [1.165, 1.54) is 41.3 Å². The van der Waals surface area contributed by atoms with E-state index >= 15 is 0 Å². The summed E-state index contributed by atoms with van der Waals surface area (Å²) >= 11 is 0. The molecule has 0 aromatic heterocycles. The fraction of sp³-hybridized carbons (Fsp3) is 0.490. The maximum absolute atomic E-state index is 15.0. The Morgan fingerprint density at radius 1 is 1.02 bits per heavy atom. The molecule has 66 heavy (non-hydrogen) atoms. The van der Waals surface area contributed by atoms with Crippen molar-refractivity contribution < 1.29 is 57.6 Å². The molecule has 7 rings (SSSR count). The Labute approximate surface area is 383 Å². The molecule has 0 bridgehead atoms. The zero-order chi connectivity index (χ0) is 46.6. The summed E-state index contributed by atoms with van der Waals surface area (Å²) in [6, 6.07) is 15.0. The number of allylic oxidation sites excluding steroid dienone is 1. The highest BCUT2D eigenvalue weighted by atomic mass is 19.1. The zero-order valence-corrected chi connectivity index (χ0v) is 37.2. The van der Waals surface area contributed by atoms with Gasteiger partial charge in [0.1, 0.15) is 29.1 Å². The number of rotatable bonds is 20. The van der Waals surface area contributed by atoms with Crippen molar-refractivity contribution in [2.24, 2.45) is 22.9 Å². The predicted molar refractivity (Wildman–Crippen MR) is 240 cm³/mol. The molecule has 2 aliphatic heterocycles. The highest BCUT2D eigenvalue weighted by Crippen LogP contribution is 2.62. The van der Waals surface area contributed by atoms with Gasteiger partial charge in [-0.05, 0) is 111 Å². The number of carbonyl (C=O) groups excluding carboxylic acids is 2. The highest BCUT2D eigenvalue weighted by Gasteiger charge is 2.66. The van der Waals surface area contributed by atoms with Crippen molar-refractivity contribution in [1.82, 2.24) is 10.2 Å². The van der Waals surface area contributed by atoms with E-state index in [-0.39, 0.29) is 61.8 Å². The molecule has 1 saturated carbocycles. The molecular weight excluding hydrogens is 856 g/mol. The molecule has 4 aliphatic rings. The number of nitrogens with one attached hydrogen (secondary N) is 1. The van der Waals surface area contributed by atoms with Crippen LogP contribution in [0.15, 0.2) is 96.2 Å². The number of nitro groups is 1. The van der Waals surface area contributed by atoms with E-state index in [1.807, 2.05) is 6.07 Å². The van der Waals surface area contributed by atoms with Gasteiger partial charge in [-0.3, -0.25) is 15.0 Å². The van der Waals surface area contributed by atoms with Gasteiger partial charge in [-0.2, -0.15) is 0 Å². The Hall–Kier alpha value is -5.88. The molecule has 2 heterocycles. The smallest absolute Gasteiger partial charge is 0.416 e. The zero-order valence-electron chi connectivity index (χ0n) is 37.2. The standard InChI is InChI=1S/C49H59FN4O12/c1-3-26-62-49-43(53(31-32-14-16-34(50)17-15-32)48(58)64-36-20-18-35(19-21-36)54(59)60)30-41(52-66-44-13-7-10-27-61-44)39-28-33(11-5-8-24-55)38(12-6-9-25-56)45(46(39)49)40-29-37(22-23-42(40)65-49)63-47(57)51-4-2/h3,14-23,28-29,33,38,43-46,55-56H,1,4-13,24-27,30-31H2,2H3,(H,51,57). The number of nitro benzene ring substituents is 1. The van der Waals surface area contributed by atoms with Gasteiger partial charge in [0.15, 0.2) is 0 Å². The van der Waals surface area contributed by atoms with Crippen molar-refractivity contribution in [3.63, 3.8) is 0 Å². The number of amides is 2. The first kappa shape index (κ1) is 48.1. The SMILES string of the molecule is C=CCOC12Oc3ccc(OC(=O)NCC)cc3C3C(CCCCO)C(CCCCO)C=C(C(=NOC4CCCCO4)CC1N(Cc1ccc(F)cc1)C(=O)Oc1ccc([N+](=O)[O-])cc1)C32. The molecule has 3 aromatic rings. The second-order valence-corrected chi connectivity index (χ2v) is 17.0. The van der Waals surface area contributed by atoms with Crippen LogP contribution in [0.5, 0.6) is 17.2 Å². The summed E-state index contributed by atoms with van der Waals surface area (Å²) in [5, 5.41) is 39.0. The second kappa shape index (κ2) is 22.5. The van der Waals surface area contributed by atoms with Crippen LogP contribution < -0.4 is 19.5 Å². The molecule has 16 nitrogen and oxygen atoms in total. The summed E-state index contributed by atoms with van der Waals surface area (Å²) in [6.45, 7) is 6.54. The van der Waals surface area contributed by atoms with Gasteiger partial charge < -0.3 is 44.1 Å². The van der Waals surface area contributed by atoms with Gasteiger partial charge in [-0.1, -0.05) is 42.3 Å². The molecule has 354 valence electrons. The number of carbonyl (C=O) groups is 2. The molecule has 1 saturated heterocycles. The quantitative estimate of drug-likeness (QED) is 0.0422. The molecule has 7 atom stereocenters. The third kappa shape index (κ3) is 11.0. The van der Waals surface area contributed by atoms with Crippen LogP contribution in [0.4, 0.5) is 19.7 Å². The number of hydrogen-bond acceptors (Lipinski definition) is 13. The van der Waals surface area contributed by atoms with Crippen LogP contribution in [0.25, 0.3) is 0 Å². The van der Waals surface area contributed by atoms with Gasteiger partial charge in [0, 0.05) is 62.8 Å². The fourth-order valence-corrected chi connectivity index (χ4v) is 9.80. The minimum absolute atomic E-state index is 0.00235. The largest absolute Gasteiger partial charge is 0.459 e. The number of non-ortho nitro benzene ring substituents is 1. The van der Waals surface area contributed by atoms with Crippen molar-refractivity contribution >= 4 is 23.6 Å². The third-order valence-corrected chi connectivity index (χ3v) is 12.7. The van der Waals surface area contributed by atoms with Crippen molar-refractivity contribution in [3.05, 3.63) is 118 Å². The minimum atomic E-state index is -1.69. The molecule has 3 aromatic carbocycles. The van der Waals surface area contributed by atoms with E-state index in [9.17, 15) is 34.3 Å². The summed E-state index contributed by atoms with van der Waals surface area (Å²) in [4.78, 5) is 46.5. The van der Waals surface area contributed by atoms with Gasteiger partial charge in [-0.25, -0.2) is 14.0 Å². The van der Waals surface area contributed by atoms with E-state index < -0.39 is 52.9 Å². The average molecular weight is 915 g/mol. The van der Waals surface area contributed by atoms with E-state index in [1.54, 1.807) is 37.3 Å². The summed E-state index contributed by atoms with van der Waals surface area (Å²) in [5.41, 5.74) is 2.38. The summed E-state index contributed by atoms with van der Waals surface area (Å²) in [6.07, 6.45) is 8.06. The van der Waals surface area contributed by atoms with Crippen molar-refractivity contribution in [1.29, 1.82) is 0 Å². The molecule has 2 amide bonds. The van der Waals surface area contributed by atoms with Crippen LogP contribution in [0, 0.1) is 33.7 Å². The molecule has 2 fully saturated rings. The summed E-state index contributed by atoms with van der Waals surface area (Å²) < 4.78 is 46.5. The predicted octanol–water partition coefficient (Wildman–Crippen LogP) is 8.70. The first-order valence-corrected chi connectivity index (χ1v) is 22.9. The summed E-state index contributed by atoms with van der Waals surface area (Å²) in [7, 11) is 0. The molecule has 17 heteroatoms. The number of halogens is 1.